The fraction of sp³-hybridized carbons (Fsp3) is 0.417. The van der Waals surface area contributed by atoms with E-state index in [9.17, 15) is 15.2 Å². The summed E-state index contributed by atoms with van der Waals surface area (Å²) in [6.45, 7) is 2.13. The summed E-state index contributed by atoms with van der Waals surface area (Å²) in [7, 11) is 1.70. The number of nitrogens with zero attached hydrogens (tertiary/aromatic N) is 3. The molecule has 0 saturated heterocycles. The number of hydrogen-bond acceptors (Lipinski definition) is 6. The summed E-state index contributed by atoms with van der Waals surface area (Å²) in [6.07, 6.45) is 0.0169. The van der Waals surface area contributed by atoms with E-state index in [0.29, 0.717) is 18.7 Å². The van der Waals surface area contributed by atoms with Crippen LogP contribution < -0.4 is 10.6 Å². The summed E-state index contributed by atoms with van der Waals surface area (Å²) in [6, 6.07) is 4.33. The lowest BCUT2D eigenvalue weighted by Gasteiger charge is -2.20. The van der Waals surface area contributed by atoms with Crippen molar-refractivity contribution in [2.45, 2.75) is 19.4 Å². The second-order valence-corrected chi connectivity index (χ2v) is 4.51. The number of aliphatic hydroxyl groups is 1. The van der Waals surface area contributed by atoms with Crippen LogP contribution in [0.1, 0.15) is 18.9 Å². The summed E-state index contributed by atoms with van der Waals surface area (Å²) >= 11 is 0. The lowest BCUT2D eigenvalue weighted by molar-refractivity contribution is -0.384. The van der Waals surface area contributed by atoms with Gasteiger partial charge in [0.1, 0.15) is 5.69 Å². The molecule has 0 heterocycles. The number of rotatable bonds is 6. The van der Waals surface area contributed by atoms with Crippen LogP contribution in [0, 0.1) is 10.1 Å². The second kappa shape index (κ2) is 6.71. The minimum Gasteiger partial charge on any atom is -0.409 e. The summed E-state index contributed by atoms with van der Waals surface area (Å²) in [4.78, 5) is 12.3. The van der Waals surface area contributed by atoms with E-state index in [2.05, 4.69) is 5.16 Å². The van der Waals surface area contributed by atoms with E-state index in [1.165, 1.54) is 18.2 Å². The highest BCUT2D eigenvalue weighted by atomic mass is 16.6. The van der Waals surface area contributed by atoms with Crippen LogP contribution in [0.3, 0.4) is 0 Å². The fourth-order valence-electron chi connectivity index (χ4n) is 1.71. The summed E-state index contributed by atoms with van der Waals surface area (Å²) in [5.74, 6) is -0.189. The Kier molecular flexibility index (Phi) is 5.27. The number of anilines is 1. The maximum Gasteiger partial charge on any atom is 0.293 e. The fourth-order valence-corrected chi connectivity index (χ4v) is 1.71. The molecule has 8 heteroatoms. The first-order valence-corrected chi connectivity index (χ1v) is 6.02. The molecule has 0 saturated carbocycles. The van der Waals surface area contributed by atoms with Crippen LogP contribution in [-0.4, -0.2) is 40.8 Å². The summed E-state index contributed by atoms with van der Waals surface area (Å²) in [5.41, 5.74) is 5.96. The lowest BCUT2D eigenvalue weighted by Crippen LogP contribution is -2.23. The molecular formula is C12H18N4O4. The minimum atomic E-state index is -0.525. The zero-order valence-electron chi connectivity index (χ0n) is 11.4. The highest BCUT2D eigenvalue weighted by Crippen LogP contribution is 2.28. The largest absolute Gasteiger partial charge is 0.409 e. The van der Waals surface area contributed by atoms with Crippen molar-refractivity contribution in [2.24, 2.45) is 10.9 Å². The number of amidine groups is 1. The van der Waals surface area contributed by atoms with Crippen LogP contribution in [0.2, 0.25) is 0 Å². The maximum atomic E-state index is 11.1. The van der Waals surface area contributed by atoms with Crippen molar-refractivity contribution >= 4 is 17.2 Å². The van der Waals surface area contributed by atoms with Crippen molar-refractivity contribution < 1.29 is 15.2 Å². The Bertz CT molecular complexity index is 516. The molecule has 0 radical (unpaired) electrons. The van der Waals surface area contributed by atoms with E-state index in [1.54, 1.807) is 18.9 Å². The van der Waals surface area contributed by atoms with Gasteiger partial charge in [-0.2, -0.15) is 0 Å². The molecule has 0 aliphatic carbocycles. The predicted octanol–water partition coefficient (Wildman–Crippen LogP) is 0.896. The Morgan fingerprint density at radius 2 is 2.25 bits per heavy atom. The summed E-state index contributed by atoms with van der Waals surface area (Å²) in [5, 5.41) is 31.8. The van der Waals surface area contributed by atoms with E-state index < -0.39 is 11.0 Å². The van der Waals surface area contributed by atoms with Gasteiger partial charge in [0, 0.05) is 25.2 Å². The minimum absolute atomic E-state index is 0.137. The second-order valence-electron chi connectivity index (χ2n) is 4.51. The normalized spacial score (nSPS) is 13.1. The van der Waals surface area contributed by atoms with Crippen molar-refractivity contribution in [3.63, 3.8) is 0 Å². The molecule has 0 aliphatic rings. The van der Waals surface area contributed by atoms with E-state index in [-0.39, 0.29) is 17.1 Å². The first-order chi connectivity index (χ1) is 9.36. The quantitative estimate of drug-likeness (QED) is 0.234. The molecule has 1 aromatic rings. The van der Waals surface area contributed by atoms with Gasteiger partial charge >= 0.3 is 0 Å². The Hall–Kier alpha value is -2.35. The van der Waals surface area contributed by atoms with E-state index in [4.69, 9.17) is 10.9 Å². The van der Waals surface area contributed by atoms with Crippen LogP contribution in [-0.2, 0) is 0 Å². The molecule has 1 aromatic carbocycles. The molecule has 0 spiro atoms. The molecule has 4 N–H and O–H groups in total. The van der Waals surface area contributed by atoms with Crippen LogP contribution in [0.15, 0.2) is 23.4 Å². The first kappa shape index (κ1) is 15.7. The zero-order valence-corrected chi connectivity index (χ0v) is 11.4. The van der Waals surface area contributed by atoms with Gasteiger partial charge in [0.2, 0.25) is 0 Å². The number of nitro groups is 1. The molecule has 20 heavy (non-hydrogen) atoms. The summed E-state index contributed by atoms with van der Waals surface area (Å²) < 4.78 is 0. The topological polar surface area (TPSA) is 125 Å². The van der Waals surface area contributed by atoms with Gasteiger partial charge in [0.25, 0.3) is 5.69 Å². The van der Waals surface area contributed by atoms with Crippen molar-refractivity contribution in [3.05, 3.63) is 33.9 Å². The molecule has 0 aromatic heterocycles. The number of aliphatic hydroxyl groups excluding tert-OH is 1. The third kappa shape index (κ3) is 3.82. The highest BCUT2D eigenvalue weighted by molar-refractivity contribution is 5.98. The average molecular weight is 282 g/mol. The molecule has 8 nitrogen and oxygen atoms in total. The predicted molar refractivity (Wildman–Crippen MR) is 75.2 cm³/mol. The smallest absolute Gasteiger partial charge is 0.293 e. The van der Waals surface area contributed by atoms with Crippen molar-refractivity contribution in [2.75, 3.05) is 18.5 Å². The molecule has 0 bridgehead atoms. The van der Waals surface area contributed by atoms with Crippen LogP contribution in [0.4, 0.5) is 11.4 Å². The lowest BCUT2D eigenvalue weighted by atomic mass is 10.1. The van der Waals surface area contributed by atoms with Crippen molar-refractivity contribution in [3.8, 4) is 0 Å². The molecule has 0 amide bonds. The Morgan fingerprint density at radius 3 is 2.75 bits per heavy atom. The molecule has 1 atom stereocenters. The number of hydrogen-bond donors (Lipinski definition) is 3. The molecule has 1 unspecified atom stereocenters. The Labute approximate surface area is 116 Å². The van der Waals surface area contributed by atoms with Crippen LogP contribution in [0.25, 0.3) is 0 Å². The van der Waals surface area contributed by atoms with Gasteiger partial charge in [-0.1, -0.05) is 5.16 Å². The third-order valence-electron chi connectivity index (χ3n) is 2.87. The maximum absolute atomic E-state index is 11.1. The highest BCUT2D eigenvalue weighted by Gasteiger charge is 2.19. The van der Waals surface area contributed by atoms with Gasteiger partial charge in [0.15, 0.2) is 5.84 Å². The van der Waals surface area contributed by atoms with Gasteiger partial charge in [-0.05, 0) is 25.5 Å². The molecule has 0 aliphatic heterocycles. The number of oxime groups is 1. The number of nitro benzene ring substituents is 1. The van der Waals surface area contributed by atoms with E-state index in [0.717, 1.165) is 0 Å². The van der Waals surface area contributed by atoms with Crippen LogP contribution >= 0.6 is 0 Å². The SMILES string of the molecule is CC(O)CCN(C)c1ccc(/C(N)=N/O)cc1[N+](=O)[O-]. The van der Waals surface area contributed by atoms with Gasteiger partial charge < -0.3 is 20.9 Å². The zero-order chi connectivity index (χ0) is 15.3. The molecular weight excluding hydrogens is 264 g/mol. The Balaban J connectivity index is 3.10. The van der Waals surface area contributed by atoms with Crippen molar-refractivity contribution in [1.82, 2.24) is 0 Å². The van der Waals surface area contributed by atoms with E-state index in [1.807, 2.05) is 0 Å². The Morgan fingerprint density at radius 1 is 1.60 bits per heavy atom. The first-order valence-electron chi connectivity index (χ1n) is 6.02. The molecule has 1 rings (SSSR count). The van der Waals surface area contributed by atoms with Gasteiger partial charge in [-0.15, -0.1) is 0 Å². The number of benzene rings is 1. The number of nitrogens with two attached hydrogens (primary N) is 1. The molecule has 110 valence electrons. The standard InChI is InChI=1S/C12H18N4O4/c1-8(17)5-6-15(2)10-4-3-9(12(13)14-18)7-11(10)16(19)20/h3-4,7-8,17-18H,5-6H2,1-2H3,(H2,13,14). The molecule has 0 fully saturated rings. The van der Waals surface area contributed by atoms with Crippen LogP contribution in [0.5, 0.6) is 0 Å². The average Bonchev–Trinajstić information content (AvgIpc) is 2.43. The van der Waals surface area contributed by atoms with Crippen molar-refractivity contribution in [1.29, 1.82) is 0 Å². The third-order valence-corrected chi connectivity index (χ3v) is 2.87. The monoisotopic (exact) mass is 282 g/mol. The van der Waals surface area contributed by atoms with E-state index >= 15 is 0 Å². The van der Waals surface area contributed by atoms with Gasteiger partial charge in [-0.3, -0.25) is 10.1 Å². The van der Waals surface area contributed by atoms with Gasteiger partial charge in [-0.25, -0.2) is 0 Å². The van der Waals surface area contributed by atoms with Gasteiger partial charge in [0.05, 0.1) is 11.0 Å².